The third-order valence-electron chi connectivity index (χ3n) is 7.54. The van der Waals surface area contributed by atoms with Crippen LogP contribution in [-0.2, 0) is 4.74 Å². The number of nitrogens with zero attached hydrogens (tertiary/aromatic N) is 4. The number of pyridine rings is 1. The van der Waals surface area contributed by atoms with Gasteiger partial charge in [0.15, 0.2) is 5.11 Å². The number of nitrogens with one attached hydrogen (secondary N) is 1. The monoisotopic (exact) mass is 523 g/mol. The normalized spacial score (nSPS) is 20.7. The van der Waals surface area contributed by atoms with Gasteiger partial charge in [0.1, 0.15) is 0 Å². The van der Waals surface area contributed by atoms with Gasteiger partial charge in [0, 0.05) is 60.0 Å². The van der Waals surface area contributed by atoms with Crippen molar-refractivity contribution in [3.05, 3.63) is 81.9 Å². The van der Waals surface area contributed by atoms with Gasteiger partial charge in [-0.1, -0.05) is 23.7 Å². The quantitative estimate of drug-likeness (QED) is 0.432. The minimum Gasteiger partial charge on any atom is -0.379 e. The SMILES string of the molecule is Cc1c(C2C(c3ccccn3)NC(=S)N2CCCN2CCOCC2)c(C)n(-c2cccc(Cl)c2)c1C. The number of hydrogen-bond acceptors (Lipinski definition) is 4. The van der Waals surface area contributed by atoms with E-state index in [0.29, 0.717) is 0 Å². The maximum absolute atomic E-state index is 6.37. The predicted molar refractivity (Wildman–Crippen MR) is 149 cm³/mol. The van der Waals surface area contributed by atoms with E-state index < -0.39 is 0 Å². The standard InChI is InChI=1S/C28H34ClN5OS/c1-19-20(2)34(23-9-6-8-22(29)18-23)21(3)25(19)27-26(24-10-4-5-11-30-24)31-28(36)33(27)13-7-12-32-14-16-35-17-15-32/h4-6,8-11,18,26-27H,7,12-17H2,1-3H3,(H,31,36). The first-order valence-corrected chi connectivity index (χ1v) is 13.5. The molecule has 1 aromatic carbocycles. The first kappa shape index (κ1) is 25.2. The van der Waals surface area contributed by atoms with Crippen LogP contribution in [0.1, 0.15) is 46.7 Å². The van der Waals surface area contributed by atoms with E-state index >= 15 is 0 Å². The largest absolute Gasteiger partial charge is 0.379 e. The van der Waals surface area contributed by atoms with E-state index in [0.717, 1.165) is 67.3 Å². The summed E-state index contributed by atoms with van der Waals surface area (Å²) in [5, 5.41) is 5.15. The third kappa shape index (κ3) is 4.90. The second kappa shape index (κ2) is 10.9. The number of ether oxygens (including phenoxy) is 1. The molecule has 2 saturated heterocycles. The molecule has 8 heteroatoms. The van der Waals surface area contributed by atoms with E-state index in [1.54, 1.807) is 0 Å². The van der Waals surface area contributed by atoms with E-state index in [9.17, 15) is 0 Å². The number of aromatic nitrogens is 2. The Hall–Kier alpha value is -2.45. The molecule has 0 bridgehead atoms. The van der Waals surface area contributed by atoms with Gasteiger partial charge >= 0.3 is 0 Å². The molecule has 2 atom stereocenters. The molecule has 3 aromatic rings. The molecule has 1 N–H and O–H groups in total. The zero-order valence-electron chi connectivity index (χ0n) is 21.2. The molecule has 2 aromatic heterocycles. The van der Waals surface area contributed by atoms with Crippen LogP contribution in [0.4, 0.5) is 0 Å². The van der Waals surface area contributed by atoms with Crippen LogP contribution >= 0.6 is 23.8 Å². The highest BCUT2D eigenvalue weighted by Crippen LogP contribution is 2.43. The number of thiocarbonyl (C=S) groups is 1. The van der Waals surface area contributed by atoms with E-state index in [4.69, 9.17) is 33.5 Å². The van der Waals surface area contributed by atoms with Crippen LogP contribution in [0.2, 0.25) is 5.02 Å². The molecule has 0 aliphatic carbocycles. The lowest BCUT2D eigenvalue weighted by atomic mass is 9.93. The van der Waals surface area contributed by atoms with E-state index in [1.807, 2.05) is 36.5 Å². The predicted octanol–water partition coefficient (Wildman–Crippen LogP) is 5.15. The highest BCUT2D eigenvalue weighted by atomic mass is 35.5. The molecule has 0 saturated carbocycles. The van der Waals surface area contributed by atoms with Gasteiger partial charge in [-0.15, -0.1) is 0 Å². The average molecular weight is 524 g/mol. The topological polar surface area (TPSA) is 45.6 Å². The summed E-state index contributed by atoms with van der Waals surface area (Å²) < 4.78 is 7.84. The number of morpholine rings is 1. The molecule has 2 aliphatic rings. The minimum absolute atomic E-state index is 0.0194. The van der Waals surface area contributed by atoms with E-state index in [2.05, 4.69) is 52.6 Å². The van der Waals surface area contributed by atoms with Gasteiger partial charge in [-0.3, -0.25) is 9.88 Å². The zero-order chi connectivity index (χ0) is 25.2. The van der Waals surface area contributed by atoms with E-state index in [-0.39, 0.29) is 12.1 Å². The van der Waals surface area contributed by atoms with Crippen LogP contribution < -0.4 is 5.32 Å². The molecule has 0 amide bonds. The van der Waals surface area contributed by atoms with Gasteiger partial charge in [-0.2, -0.15) is 0 Å². The summed E-state index contributed by atoms with van der Waals surface area (Å²) in [6, 6.07) is 14.2. The van der Waals surface area contributed by atoms with Crippen LogP contribution in [0.3, 0.4) is 0 Å². The number of hydrogen-bond donors (Lipinski definition) is 1. The van der Waals surface area contributed by atoms with Crippen molar-refractivity contribution in [2.24, 2.45) is 0 Å². The van der Waals surface area contributed by atoms with Crippen LogP contribution in [0.15, 0.2) is 48.7 Å². The Bertz CT molecular complexity index is 1220. The van der Waals surface area contributed by atoms with E-state index in [1.165, 1.54) is 22.5 Å². The first-order chi connectivity index (χ1) is 17.5. The molecule has 5 rings (SSSR count). The average Bonchev–Trinajstić information content (AvgIpc) is 3.32. The van der Waals surface area contributed by atoms with Crippen molar-refractivity contribution in [1.29, 1.82) is 0 Å². The molecule has 2 fully saturated rings. The van der Waals surface area contributed by atoms with Crippen molar-refractivity contribution in [2.75, 3.05) is 39.4 Å². The van der Waals surface area contributed by atoms with Crippen LogP contribution in [0.5, 0.6) is 0 Å². The fraction of sp³-hybridized carbons (Fsp3) is 0.429. The summed E-state index contributed by atoms with van der Waals surface area (Å²) in [7, 11) is 0. The summed E-state index contributed by atoms with van der Waals surface area (Å²) in [5.41, 5.74) is 7.10. The van der Waals surface area contributed by atoms with Crippen molar-refractivity contribution in [3.8, 4) is 5.69 Å². The smallest absolute Gasteiger partial charge is 0.170 e. The van der Waals surface area contributed by atoms with Crippen LogP contribution in [0.25, 0.3) is 5.69 Å². The molecule has 0 radical (unpaired) electrons. The third-order valence-corrected chi connectivity index (χ3v) is 8.13. The Morgan fingerprint density at radius 1 is 1.06 bits per heavy atom. The summed E-state index contributed by atoms with van der Waals surface area (Å²) in [4.78, 5) is 9.59. The Kier molecular flexibility index (Phi) is 7.62. The second-order valence-corrected chi connectivity index (χ2v) is 10.5. The van der Waals surface area contributed by atoms with Crippen molar-refractivity contribution in [2.45, 2.75) is 39.3 Å². The Labute approximate surface area is 224 Å². The Morgan fingerprint density at radius 3 is 2.58 bits per heavy atom. The number of halogens is 1. The molecule has 4 heterocycles. The maximum atomic E-state index is 6.37. The first-order valence-electron chi connectivity index (χ1n) is 12.7. The Balaban J connectivity index is 1.52. The highest BCUT2D eigenvalue weighted by molar-refractivity contribution is 7.80. The molecule has 36 heavy (non-hydrogen) atoms. The summed E-state index contributed by atoms with van der Waals surface area (Å²) in [5.74, 6) is 0. The van der Waals surface area contributed by atoms with Gasteiger partial charge in [0.2, 0.25) is 0 Å². The molecular weight excluding hydrogens is 490 g/mol. The highest BCUT2D eigenvalue weighted by Gasteiger charge is 2.42. The molecule has 0 spiro atoms. The van der Waals surface area contributed by atoms with Gasteiger partial charge in [-0.25, -0.2) is 0 Å². The van der Waals surface area contributed by atoms with Gasteiger partial charge in [0.05, 0.1) is 31.0 Å². The zero-order valence-corrected chi connectivity index (χ0v) is 22.8. The van der Waals surface area contributed by atoms with Crippen LogP contribution in [0, 0.1) is 20.8 Å². The maximum Gasteiger partial charge on any atom is 0.170 e. The van der Waals surface area contributed by atoms with Gasteiger partial charge in [0.25, 0.3) is 0 Å². The molecule has 2 aliphatic heterocycles. The van der Waals surface area contributed by atoms with Crippen molar-refractivity contribution < 1.29 is 4.74 Å². The summed E-state index contributed by atoms with van der Waals surface area (Å²) in [6.45, 7) is 12.2. The molecule has 6 nitrogen and oxygen atoms in total. The molecule has 2 unspecified atom stereocenters. The lowest BCUT2D eigenvalue weighted by Crippen LogP contribution is -2.39. The van der Waals surface area contributed by atoms with Crippen molar-refractivity contribution in [1.82, 2.24) is 24.7 Å². The molecule has 190 valence electrons. The van der Waals surface area contributed by atoms with Gasteiger partial charge in [-0.05, 0) is 75.3 Å². The summed E-state index contributed by atoms with van der Waals surface area (Å²) >= 11 is 12.3. The summed E-state index contributed by atoms with van der Waals surface area (Å²) in [6.07, 6.45) is 2.90. The minimum atomic E-state index is -0.0194. The lowest BCUT2D eigenvalue weighted by Gasteiger charge is -2.31. The fourth-order valence-corrected chi connectivity index (χ4v) is 6.21. The van der Waals surface area contributed by atoms with Gasteiger partial charge < -0.3 is 19.5 Å². The number of rotatable bonds is 7. The van der Waals surface area contributed by atoms with Crippen molar-refractivity contribution in [3.63, 3.8) is 0 Å². The Morgan fingerprint density at radius 2 is 1.86 bits per heavy atom. The second-order valence-electron chi connectivity index (χ2n) is 9.65. The molecular formula is C28H34ClN5OS. The van der Waals surface area contributed by atoms with Crippen molar-refractivity contribution >= 4 is 28.9 Å². The number of benzene rings is 1. The fourth-order valence-electron chi connectivity index (χ4n) is 5.69. The lowest BCUT2D eigenvalue weighted by molar-refractivity contribution is 0.0365. The van der Waals surface area contributed by atoms with Crippen LogP contribution in [-0.4, -0.2) is 63.9 Å².